The number of aromatic nitrogens is 1. The summed E-state index contributed by atoms with van der Waals surface area (Å²) in [6, 6.07) is 9.64. The fourth-order valence-electron chi connectivity index (χ4n) is 7.10. The number of alkyl carbamates (subject to hydrolysis) is 1. The van der Waals surface area contributed by atoms with E-state index in [1.54, 1.807) is 51.2 Å². The van der Waals surface area contributed by atoms with Crippen LogP contribution in [0.4, 0.5) is 4.79 Å². The molecule has 0 radical (unpaired) electrons. The van der Waals surface area contributed by atoms with Crippen molar-refractivity contribution in [3.63, 3.8) is 0 Å². The number of carbonyl (C=O) groups is 6. The number of carbonyl (C=O) groups excluding carboxylic acids is 6. The molecule has 0 saturated carbocycles. The maximum Gasteiger partial charge on any atom is 0.408 e. The first-order valence-electron chi connectivity index (χ1n) is 19.2. The maximum absolute atomic E-state index is 14.8. The number of hydrogen-bond acceptors (Lipinski definition) is 9. The first kappa shape index (κ1) is 41.7. The van der Waals surface area contributed by atoms with E-state index in [4.69, 9.17) is 15.2 Å². The van der Waals surface area contributed by atoms with Crippen LogP contribution in [-0.4, -0.2) is 105 Å². The van der Waals surface area contributed by atoms with Crippen molar-refractivity contribution in [2.75, 3.05) is 19.6 Å². The predicted molar refractivity (Wildman–Crippen MR) is 209 cm³/mol. The molecule has 15 nitrogen and oxygen atoms in total. The molecule has 2 saturated heterocycles. The average molecular weight is 774 g/mol. The molecule has 6 amide bonds. The SMILES string of the molecule is CC(C)(C)OC(=O)N[C@@H](Cc1ccc(OC(C)(C)C)cc1)C(=O)N1C(=O)CNC(=O)[C@H]2CCCN2C(=O)[C@H](Cc2c[nH]c3ccccc23)NC(=O)[C@H]1CCCN. The highest BCUT2D eigenvalue weighted by Gasteiger charge is 2.43. The zero-order valence-corrected chi connectivity index (χ0v) is 33.1. The summed E-state index contributed by atoms with van der Waals surface area (Å²) < 4.78 is 11.5. The minimum absolute atomic E-state index is 0.0495. The summed E-state index contributed by atoms with van der Waals surface area (Å²) in [6.07, 6.45) is 1.94. The van der Waals surface area contributed by atoms with Gasteiger partial charge in [0.25, 0.3) is 5.91 Å². The Morgan fingerprint density at radius 3 is 2.36 bits per heavy atom. The number of nitrogens with two attached hydrogens (primary N) is 1. The number of aromatic amines is 1. The van der Waals surface area contributed by atoms with Crippen LogP contribution in [0.25, 0.3) is 10.9 Å². The van der Waals surface area contributed by atoms with Crippen LogP contribution in [0.3, 0.4) is 0 Å². The lowest BCUT2D eigenvalue weighted by molar-refractivity contribution is -0.155. The van der Waals surface area contributed by atoms with Gasteiger partial charge in [-0.2, -0.15) is 0 Å². The third kappa shape index (κ3) is 10.6. The van der Waals surface area contributed by atoms with E-state index >= 15 is 0 Å². The van der Waals surface area contributed by atoms with E-state index in [-0.39, 0.29) is 32.2 Å². The molecule has 0 spiro atoms. The van der Waals surface area contributed by atoms with Crippen LogP contribution < -0.4 is 26.4 Å². The van der Waals surface area contributed by atoms with E-state index < -0.39 is 77.5 Å². The Hall–Kier alpha value is -5.44. The molecule has 0 bridgehead atoms. The van der Waals surface area contributed by atoms with E-state index in [1.807, 2.05) is 45.0 Å². The molecule has 15 heteroatoms. The molecule has 2 aromatic carbocycles. The van der Waals surface area contributed by atoms with Crippen molar-refractivity contribution >= 4 is 46.5 Å². The summed E-state index contributed by atoms with van der Waals surface area (Å²) in [5, 5.41) is 8.99. The number of nitrogens with zero attached hydrogens (tertiary/aromatic N) is 2. The standard InChI is InChI=1S/C41H55N7O8/c1-40(2,3)55-27-17-15-25(16-18-27)21-30(46-39(54)56-41(4,5)6)38(53)48-33(13-9-19-42)36(51)45-31(22-26-23-43-29-12-8-7-11-28(26)29)37(52)47-20-10-14-32(47)35(50)44-24-34(48)49/h7-8,11-12,15-18,23,30-33,43H,9-10,13-14,19-22,24,42H2,1-6H3,(H,44,50)(H,45,51)(H,46,54)/t30-,31-,32+,33+/m0/s1. The normalized spacial score (nSPS) is 20.4. The van der Waals surface area contributed by atoms with Crippen molar-refractivity contribution in [3.8, 4) is 5.75 Å². The molecule has 6 N–H and O–H groups in total. The highest BCUT2D eigenvalue weighted by molar-refractivity contribution is 6.05. The van der Waals surface area contributed by atoms with Crippen molar-refractivity contribution in [2.24, 2.45) is 5.73 Å². The van der Waals surface area contributed by atoms with Gasteiger partial charge in [-0.05, 0) is 103 Å². The largest absolute Gasteiger partial charge is 0.488 e. The highest BCUT2D eigenvalue weighted by atomic mass is 16.6. The average Bonchev–Trinajstić information content (AvgIpc) is 3.78. The number of H-pyrrole nitrogens is 1. The zero-order chi connectivity index (χ0) is 40.8. The minimum atomic E-state index is -1.45. The van der Waals surface area contributed by atoms with E-state index in [2.05, 4.69) is 20.9 Å². The minimum Gasteiger partial charge on any atom is -0.488 e. The molecule has 302 valence electrons. The van der Waals surface area contributed by atoms with Gasteiger partial charge in [-0.25, -0.2) is 4.79 Å². The predicted octanol–water partition coefficient (Wildman–Crippen LogP) is 3.09. The molecule has 2 fully saturated rings. The monoisotopic (exact) mass is 773 g/mol. The molecular formula is C41H55N7O8. The Kier molecular flexibility index (Phi) is 13.1. The smallest absolute Gasteiger partial charge is 0.408 e. The third-order valence-corrected chi connectivity index (χ3v) is 9.54. The second kappa shape index (κ2) is 17.6. The summed E-state index contributed by atoms with van der Waals surface area (Å²) in [5.74, 6) is -2.92. The molecule has 3 heterocycles. The Morgan fingerprint density at radius 1 is 0.964 bits per heavy atom. The van der Waals surface area contributed by atoms with Crippen molar-refractivity contribution in [1.82, 2.24) is 30.7 Å². The molecule has 1 aromatic heterocycles. The van der Waals surface area contributed by atoms with Gasteiger partial charge in [-0.1, -0.05) is 30.3 Å². The summed E-state index contributed by atoms with van der Waals surface area (Å²) in [4.78, 5) is 90.3. The van der Waals surface area contributed by atoms with Crippen LogP contribution in [0.15, 0.2) is 54.7 Å². The number of amides is 6. The van der Waals surface area contributed by atoms with Gasteiger partial charge in [-0.15, -0.1) is 0 Å². The van der Waals surface area contributed by atoms with Crippen LogP contribution in [0, 0.1) is 0 Å². The second-order valence-electron chi connectivity index (χ2n) is 16.3. The summed E-state index contributed by atoms with van der Waals surface area (Å²) in [6.45, 7) is 10.6. The van der Waals surface area contributed by atoms with Gasteiger partial charge in [0.1, 0.15) is 41.1 Å². The van der Waals surface area contributed by atoms with Gasteiger partial charge in [0.15, 0.2) is 0 Å². The number of ether oxygens (including phenoxy) is 2. The van der Waals surface area contributed by atoms with E-state index in [1.165, 1.54) is 4.90 Å². The fraction of sp³-hybridized carbons (Fsp3) is 0.512. The number of imide groups is 1. The van der Waals surface area contributed by atoms with Crippen molar-refractivity contribution in [1.29, 1.82) is 0 Å². The number of hydrogen-bond donors (Lipinski definition) is 5. The number of fused-ring (bicyclic) bond motifs is 2. The molecule has 56 heavy (non-hydrogen) atoms. The number of para-hydroxylation sites is 1. The van der Waals surface area contributed by atoms with Crippen LogP contribution in [0.1, 0.15) is 78.4 Å². The molecule has 5 rings (SSSR count). The Balaban J connectivity index is 1.54. The van der Waals surface area contributed by atoms with Gasteiger partial charge in [-0.3, -0.25) is 28.9 Å². The summed E-state index contributed by atoms with van der Waals surface area (Å²) in [5.41, 5.74) is 6.75. The summed E-state index contributed by atoms with van der Waals surface area (Å²) in [7, 11) is 0. The second-order valence-corrected chi connectivity index (χ2v) is 16.3. The zero-order valence-electron chi connectivity index (χ0n) is 33.1. The Bertz CT molecular complexity index is 1910. The van der Waals surface area contributed by atoms with Gasteiger partial charge < -0.3 is 41.0 Å². The van der Waals surface area contributed by atoms with E-state index in [9.17, 15) is 28.8 Å². The van der Waals surface area contributed by atoms with Crippen LogP contribution in [-0.2, 0) is 41.6 Å². The molecule has 2 aliphatic heterocycles. The van der Waals surface area contributed by atoms with Crippen molar-refractivity contribution < 1.29 is 38.2 Å². The number of nitrogens with one attached hydrogen (secondary N) is 4. The quantitative estimate of drug-likeness (QED) is 0.205. The van der Waals surface area contributed by atoms with Crippen LogP contribution in [0.2, 0.25) is 0 Å². The number of rotatable bonds is 10. The lowest BCUT2D eigenvalue weighted by Crippen LogP contribution is -2.63. The Labute approximate surface area is 327 Å². The third-order valence-electron chi connectivity index (χ3n) is 9.54. The van der Waals surface area contributed by atoms with E-state index in [0.29, 0.717) is 30.7 Å². The van der Waals surface area contributed by atoms with Crippen LogP contribution >= 0.6 is 0 Å². The molecule has 3 aromatic rings. The van der Waals surface area contributed by atoms with E-state index in [0.717, 1.165) is 21.4 Å². The topological polar surface area (TPSA) is 205 Å². The summed E-state index contributed by atoms with van der Waals surface area (Å²) >= 11 is 0. The maximum atomic E-state index is 14.8. The molecule has 0 aliphatic carbocycles. The number of benzene rings is 2. The Morgan fingerprint density at radius 2 is 1.68 bits per heavy atom. The molecular weight excluding hydrogens is 718 g/mol. The molecule has 0 unspecified atom stereocenters. The fourth-order valence-corrected chi connectivity index (χ4v) is 7.10. The van der Waals surface area contributed by atoms with Gasteiger partial charge in [0.05, 0.1) is 6.54 Å². The molecule has 4 atom stereocenters. The first-order chi connectivity index (χ1) is 26.4. The van der Waals surface area contributed by atoms with Crippen molar-refractivity contribution in [3.05, 3.63) is 65.9 Å². The van der Waals surface area contributed by atoms with Gasteiger partial charge in [0, 0.05) is 36.5 Å². The van der Waals surface area contributed by atoms with Crippen LogP contribution in [0.5, 0.6) is 5.75 Å². The lowest BCUT2D eigenvalue weighted by Gasteiger charge is -2.35. The van der Waals surface area contributed by atoms with Crippen molar-refractivity contribution in [2.45, 2.75) is 115 Å². The lowest BCUT2D eigenvalue weighted by atomic mass is 10.00. The first-order valence-corrected chi connectivity index (χ1v) is 19.2. The highest BCUT2D eigenvalue weighted by Crippen LogP contribution is 2.25. The van der Waals surface area contributed by atoms with Gasteiger partial charge >= 0.3 is 6.09 Å². The van der Waals surface area contributed by atoms with Gasteiger partial charge in [0.2, 0.25) is 23.6 Å². The molecule has 2 aliphatic rings.